The van der Waals surface area contributed by atoms with Gasteiger partial charge in [-0.05, 0) is 45.2 Å². The van der Waals surface area contributed by atoms with Crippen molar-refractivity contribution in [2.24, 2.45) is 5.73 Å². The van der Waals surface area contributed by atoms with Crippen LogP contribution in [0.25, 0.3) is 0 Å². The van der Waals surface area contributed by atoms with Crippen molar-refractivity contribution in [2.75, 3.05) is 18.4 Å². The van der Waals surface area contributed by atoms with E-state index in [4.69, 9.17) is 10.5 Å². The van der Waals surface area contributed by atoms with Gasteiger partial charge in [0, 0.05) is 35.5 Å². The third kappa shape index (κ3) is 6.41. The van der Waals surface area contributed by atoms with Crippen LogP contribution in [0.3, 0.4) is 0 Å². The zero-order chi connectivity index (χ0) is 28.2. The molecule has 0 radical (unpaired) electrons. The molecule has 0 fully saturated rings. The van der Waals surface area contributed by atoms with Crippen LogP contribution in [0, 0.1) is 0 Å². The number of carbonyl (C=O) groups excluding carboxylic acids is 4. The van der Waals surface area contributed by atoms with E-state index in [-0.39, 0.29) is 24.5 Å². The van der Waals surface area contributed by atoms with Crippen molar-refractivity contribution in [1.29, 1.82) is 0 Å². The average molecular weight is 528 g/mol. The van der Waals surface area contributed by atoms with Crippen LogP contribution in [-0.2, 0) is 16.0 Å². The van der Waals surface area contributed by atoms with E-state index in [1.54, 1.807) is 63.2 Å². The van der Waals surface area contributed by atoms with Crippen LogP contribution in [0.1, 0.15) is 64.6 Å². The van der Waals surface area contributed by atoms with E-state index in [2.05, 4.69) is 5.32 Å². The van der Waals surface area contributed by atoms with Gasteiger partial charge in [0.2, 0.25) is 5.91 Å². The molecule has 0 saturated carbocycles. The van der Waals surface area contributed by atoms with Crippen molar-refractivity contribution in [3.05, 3.63) is 101 Å². The minimum absolute atomic E-state index is 0.0635. The lowest BCUT2D eigenvalue weighted by Gasteiger charge is -2.28. The number of hydrogen-bond donors (Lipinski definition) is 2. The first-order valence-corrected chi connectivity index (χ1v) is 13.0. The number of benzene rings is 3. The van der Waals surface area contributed by atoms with Crippen molar-refractivity contribution in [2.45, 2.75) is 45.3 Å². The summed E-state index contributed by atoms with van der Waals surface area (Å²) in [6, 6.07) is 20.3. The van der Waals surface area contributed by atoms with Gasteiger partial charge in [0.15, 0.2) is 11.6 Å². The summed E-state index contributed by atoms with van der Waals surface area (Å²) in [5.41, 5.74) is 8.27. The van der Waals surface area contributed by atoms with Crippen LogP contribution in [0.5, 0.6) is 0 Å². The molecular formula is C31H33N3O5. The van der Waals surface area contributed by atoms with Gasteiger partial charge in [-0.15, -0.1) is 0 Å². The number of nitrogens with zero attached hydrogens (tertiary/aromatic N) is 1. The fourth-order valence-electron chi connectivity index (χ4n) is 4.52. The molecule has 0 aliphatic heterocycles. The maximum absolute atomic E-state index is 13.2. The first-order chi connectivity index (χ1) is 18.6. The Morgan fingerprint density at radius 1 is 0.872 bits per heavy atom. The molecule has 0 unspecified atom stereocenters. The molecule has 3 aromatic carbocycles. The molecule has 0 aromatic heterocycles. The second kappa shape index (κ2) is 11.6. The van der Waals surface area contributed by atoms with E-state index in [0.717, 1.165) is 10.5 Å². The van der Waals surface area contributed by atoms with Gasteiger partial charge in [-0.1, -0.05) is 66.7 Å². The number of amides is 2. The Morgan fingerprint density at radius 3 is 2.15 bits per heavy atom. The molecule has 0 saturated heterocycles. The Hall–Kier alpha value is -4.30. The Labute approximate surface area is 228 Å². The maximum Gasteiger partial charge on any atom is 0.417 e. The highest BCUT2D eigenvalue weighted by atomic mass is 16.6. The average Bonchev–Trinajstić information content (AvgIpc) is 2.90. The number of nitrogens with one attached hydrogen (secondary N) is 1. The number of fused-ring (bicyclic) bond motifs is 2. The quantitative estimate of drug-likeness (QED) is 0.322. The Bertz CT molecular complexity index is 1390. The van der Waals surface area contributed by atoms with Crippen molar-refractivity contribution >= 4 is 29.3 Å². The summed E-state index contributed by atoms with van der Waals surface area (Å²) in [4.78, 5) is 53.4. The molecule has 39 heavy (non-hydrogen) atoms. The van der Waals surface area contributed by atoms with Gasteiger partial charge in [0.25, 0.3) is 0 Å². The molecule has 202 valence electrons. The molecule has 3 N–H and O–H groups in total. The highest BCUT2D eigenvalue weighted by Crippen LogP contribution is 2.31. The summed E-state index contributed by atoms with van der Waals surface area (Å²) in [5, 5.41) is 3.21. The highest BCUT2D eigenvalue weighted by molar-refractivity contribution is 6.30. The van der Waals surface area contributed by atoms with E-state index in [0.29, 0.717) is 40.9 Å². The van der Waals surface area contributed by atoms with E-state index in [1.165, 1.54) is 0 Å². The normalized spacial score (nSPS) is 13.2. The maximum atomic E-state index is 13.2. The fourth-order valence-corrected chi connectivity index (χ4v) is 4.52. The summed E-state index contributed by atoms with van der Waals surface area (Å²) in [6.45, 7) is 5.59. The standard InChI is InChI=1S/C31H33N3O5/c1-31(2,3)39-30(38)34(29(37)24(32)19-20-11-5-4-6-12-20)18-10-17-33-25-16-9-15-23-26(25)28(36)22-14-8-7-13-21(22)27(23)35/h4-9,11-16,24,33H,10,17-19,32H2,1-3H3/t24-/m1/s1. The van der Waals surface area contributed by atoms with Crippen LogP contribution in [-0.4, -0.2) is 53.2 Å². The molecule has 0 bridgehead atoms. The van der Waals surface area contributed by atoms with Gasteiger partial charge >= 0.3 is 6.09 Å². The monoisotopic (exact) mass is 527 g/mol. The molecule has 1 atom stereocenters. The van der Waals surface area contributed by atoms with Crippen molar-refractivity contribution < 1.29 is 23.9 Å². The molecule has 4 rings (SSSR count). The van der Waals surface area contributed by atoms with Gasteiger partial charge in [-0.25, -0.2) is 9.69 Å². The van der Waals surface area contributed by atoms with E-state index in [9.17, 15) is 19.2 Å². The van der Waals surface area contributed by atoms with Crippen molar-refractivity contribution in [3.8, 4) is 0 Å². The molecular weight excluding hydrogens is 494 g/mol. The molecule has 3 aromatic rings. The zero-order valence-corrected chi connectivity index (χ0v) is 22.4. The first-order valence-electron chi connectivity index (χ1n) is 13.0. The number of hydrogen-bond acceptors (Lipinski definition) is 7. The number of imide groups is 1. The molecule has 1 aliphatic carbocycles. The predicted octanol–water partition coefficient (Wildman–Crippen LogP) is 4.60. The fraction of sp³-hybridized carbons (Fsp3) is 0.290. The van der Waals surface area contributed by atoms with Crippen LogP contribution < -0.4 is 11.1 Å². The zero-order valence-electron chi connectivity index (χ0n) is 22.4. The first kappa shape index (κ1) is 27.7. The SMILES string of the molecule is CC(C)(C)OC(=O)N(CCCNc1cccc2c1C(=O)c1ccccc1C2=O)C(=O)[C@H](N)Cc1ccccc1. The van der Waals surface area contributed by atoms with Crippen LogP contribution in [0.15, 0.2) is 72.8 Å². The van der Waals surface area contributed by atoms with Crippen LogP contribution >= 0.6 is 0 Å². The lowest BCUT2D eigenvalue weighted by molar-refractivity contribution is -0.131. The Kier molecular flexibility index (Phi) is 8.26. The van der Waals surface area contributed by atoms with Gasteiger partial charge in [0.05, 0.1) is 11.6 Å². The Balaban J connectivity index is 1.45. The Morgan fingerprint density at radius 2 is 1.49 bits per heavy atom. The van der Waals surface area contributed by atoms with Crippen molar-refractivity contribution in [1.82, 2.24) is 4.90 Å². The lowest BCUT2D eigenvalue weighted by atomic mass is 9.83. The number of ether oxygens (including phenoxy) is 1. The summed E-state index contributed by atoms with van der Waals surface area (Å²) in [5.74, 6) is -0.943. The second-order valence-corrected chi connectivity index (χ2v) is 10.5. The summed E-state index contributed by atoms with van der Waals surface area (Å²) in [6.07, 6.45) is -0.110. The van der Waals surface area contributed by atoms with Gasteiger partial charge in [0.1, 0.15) is 5.60 Å². The van der Waals surface area contributed by atoms with E-state index >= 15 is 0 Å². The molecule has 0 spiro atoms. The van der Waals surface area contributed by atoms with Gasteiger partial charge in [-0.2, -0.15) is 0 Å². The van der Waals surface area contributed by atoms with E-state index in [1.807, 2.05) is 30.3 Å². The third-order valence-electron chi connectivity index (χ3n) is 6.32. The molecule has 1 aliphatic rings. The number of nitrogens with two attached hydrogens (primary N) is 1. The number of rotatable bonds is 8. The molecule has 0 heterocycles. The van der Waals surface area contributed by atoms with E-state index < -0.39 is 23.6 Å². The summed E-state index contributed by atoms with van der Waals surface area (Å²) < 4.78 is 5.48. The highest BCUT2D eigenvalue weighted by Gasteiger charge is 2.32. The van der Waals surface area contributed by atoms with Gasteiger partial charge < -0.3 is 15.8 Å². The largest absolute Gasteiger partial charge is 0.443 e. The number of anilines is 1. The van der Waals surface area contributed by atoms with Crippen LogP contribution in [0.4, 0.5) is 10.5 Å². The lowest BCUT2D eigenvalue weighted by Crippen LogP contribution is -2.49. The molecule has 8 nitrogen and oxygen atoms in total. The topological polar surface area (TPSA) is 119 Å². The van der Waals surface area contributed by atoms with Crippen molar-refractivity contribution in [3.63, 3.8) is 0 Å². The molecule has 2 amide bonds. The summed E-state index contributed by atoms with van der Waals surface area (Å²) in [7, 11) is 0. The minimum Gasteiger partial charge on any atom is -0.443 e. The summed E-state index contributed by atoms with van der Waals surface area (Å²) >= 11 is 0. The smallest absolute Gasteiger partial charge is 0.417 e. The van der Waals surface area contributed by atoms with Crippen LogP contribution in [0.2, 0.25) is 0 Å². The minimum atomic E-state index is -0.919. The molecule has 8 heteroatoms. The third-order valence-corrected chi connectivity index (χ3v) is 6.32. The van der Waals surface area contributed by atoms with Gasteiger partial charge in [-0.3, -0.25) is 14.4 Å². The number of ketones is 2. The predicted molar refractivity (Wildman–Crippen MR) is 149 cm³/mol. The number of carbonyl (C=O) groups is 4. The second-order valence-electron chi connectivity index (χ2n) is 10.5.